The van der Waals surface area contributed by atoms with Gasteiger partial charge in [0.05, 0.1) is 10.6 Å². The van der Waals surface area contributed by atoms with Crippen LogP contribution in [-0.2, 0) is 0 Å². The summed E-state index contributed by atoms with van der Waals surface area (Å²) >= 11 is 12.2. The van der Waals surface area contributed by atoms with Crippen molar-refractivity contribution in [3.63, 3.8) is 0 Å². The van der Waals surface area contributed by atoms with Crippen LogP contribution in [0, 0.1) is 12.7 Å². The molecular weight excluding hydrogens is 398 g/mol. The molecule has 0 atom stereocenters. The Morgan fingerprint density at radius 2 is 1.74 bits per heavy atom. The average Bonchev–Trinajstić information content (AvgIpc) is 2.38. The fourth-order valence-electron chi connectivity index (χ4n) is 1.66. The van der Waals surface area contributed by atoms with Crippen LogP contribution >= 0.6 is 43.5 Å². The van der Waals surface area contributed by atoms with Gasteiger partial charge in [-0.1, -0.05) is 39.2 Å². The quantitative estimate of drug-likeness (QED) is 0.473. The molecule has 0 N–H and O–H groups in total. The van der Waals surface area contributed by atoms with Gasteiger partial charge in [0.1, 0.15) is 0 Å². The van der Waals surface area contributed by atoms with E-state index in [9.17, 15) is 9.18 Å². The molecule has 19 heavy (non-hydrogen) atoms. The van der Waals surface area contributed by atoms with Crippen LogP contribution in [0.15, 0.2) is 39.3 Å². The van der Waals surface area contributed by atoms with Gasteiger partial charge in [0.25, 0.3) is 0 Å². The molecule has 2 aromatic carbocycles. The largest absolute Gasteiger partial charge is 0.288 e. The van der Waals surface area contributed by atoms with E-state index < -0.39 is 11.6 Å². The van der Waals surface area contributed by atoms with Crippen molar-refractivity contribution in [3.8, 4) is 0 Å². The number of ketones is 1. The van der Waals surface area contributed by atoms with E-state index >= 15 is 0 Å². The van der Waals surface area contributed by atoms with E-state index in [4.69, 9.17) is 11.6 Å². The second kappa shape index (κ2) is 5.73. The van der Waals surface area contributed by atoms with Crippen molar-refractivity contribution in [1.82, 2.24) is 0 Å². The Hall–Kier alpha value is -0.710. The van der Waals surface area contributed by atoms with Crippen molar-refractivity contribution in [2.45, 2.75) is 6.92 Å². The maximum absolute atomic E-state index is 14.0. The molecule has 0 aromatic heterocycles. The number of carbonyl (C=O) groups is 1. The predicted molar refractivity (Wildman–Crippen MR) is 81.4 cm³/mol. The van der Waals surface area contributed by atoms with E-state index in [0.717, 1.165) is 5.56 Å². The Balaban J connectivity index is 2.56. The van der Waals surface area contributed by atoms with Crippen molar-refractivity contribution in [1.29, 1.82) is 0 Å². The zero-order valence-corrected chi connectivity index (χ0v) is 13.7. The second-order valence-corrected chi connectivity index (χ2v) is 6.12. The van der Waals surface area contributed by atoms with Crippen LogP contribution in [-0.4, -0.2) is 5.78 Å². The number of hydrogen-bond acceptors (Lipinski definition) is 1. The molecule has 0 fully saturated rings. The highest BCUT2D eigenvalue weighted by molar-refractivity contribution is 9.10. The molecule has 0 saturated heterocycles. The minimum atomic E-state index is -0.713. The van der Waals surface area contributed by atoms with Gasteiger partial charge in [-0.25, -0.2) is 4.39 Å². The maximum atomic E-state index is 14.0. The lowest BCUT2D eigenvalue weighted by atomic mass is 10.0. The number of carbonyl (C=O) groups excluding carboxylic acids is 1. The molecule has 0 amide bonds. The lowest BCUT2D eigenvalue weighted by molar-refractivity contribution is 0.103. The molecular formula is C14H8Br2ClFO. The Labute approximate surface area is 132 Å². The van der Waals surface area contributed by atoms with Crippen LogP contribution in [0.4, 0.5) is 4.39 Å². The van der Waals surface area contributed by atoms with Crippen molar-refractivity contribution in [2.24, 2.45) is 0 Å². The smallest absolute Gasteiger partial charge is 0.197 e. The van der Waals surface area contributed by atoms with Gasteiger partial charge in [0.2, 0.25) is 0 Å². The lowest BCUT2D eigenvalue weighted by Crippen LogP contribution is -2.06. The van der Waals surface area contributed by atoms with E-state index in [1.165, 1.54) is 6.07 Å². The van der Waals surface area contributed by atoms with Gasteiger partial charge >= 0.3 is 0 Å². The summed E-state index contributed by atoms with van der Waals surface area (Å²) in [5.74, 6) is -1.11. The molecule has 0 radical (unpaired) electrons. The zero-order chi connectivity index (χ0) is 14.2. The van der Waals surface area contributed by atoms with Gasteiger partial charge in [0, 0.05) is 14.5 Å². The molecule has 2 aromatic rings. The minimum absolute atomic E-state index is 0.0421. The van der Waals surface area contributed by atoms with E-state index in [1.807, 2.05) is 13.0 Å². The number of rotatable bonds is 2. The summed E-state index contributed by atoms with van der Waals surface area (Å²) in [4.78, 5) is 12.4. The Bertz CT molecular complexity index is 671. The third-order valence-corrected chi connectivity index (χ3v) is 4.60. The zero-order valence-electron chi connectivity index (χ0n) is 9.81. The minimum Gasteiger partial charge on any atom is -0.288 e. The van der Waals surface area contributed by atoms with Gasteiger partial charge in [-0.3, -0.25) is 4.79 Å². The van der Waals surface area contributed by atoms with E-state index in [0.29, 0.717) is 14.5 Å². The van der Waals surface area contributed by atoms with Crippen LogP contribution in [0.2, 0.25) is 5.02 Å². The fourth-order valence-corrected chi connectivity index (χ4v) is 2.56. The van der Waals surface area contributed by atoms with Crippen molar-refractivity contribution in [2.75, 3.05) is 0 Å². The summed E-state index contributed by atoms with van der Waals surface area (Å²) in [5, 5.41) is -0.0883. The van der Waals surface area contributed by atoms with Crippen LogP contribution in [0.5, 0.6) is 0 Å². The van der Waals surface area contributed by atoms with Gasteiger partial charge < -0.3 is 0 Å². The number of halogens is 4. The molecule has 0 bridgehead atoms. The number of benzene rings is 2. The predicted octanol–water partition coefficient (Wildman–Crippen LogP) is 5.54. The monoisotopic (exact) mass is 404 g/mol. The van der Waals surface area contributed by atoms with Crippen LogP contribution in [0.25, 0.3) is 0 Å². The molecule has 2 rings (SSSR count). The first-order valence-electron chi connectivity index (χ1n) is 5.36. The molecule has 98 valence electrons. The number of hydrogen-bond donors (Lipinski definition) is 0. The van der Waals surface area contributed by atoms with Gasteiger partial charge in [-0.15, -0.1) is 0 Å². The molecule has 0 saturated carbocycles. The molecule has 0 aliphatic heterocycles. The highest BCUT2D eigenvalue weighted by Gasteiger charge is 2.19. The van der Waals surface area contributed by atoms with Crippen molar-refractivity contribution >= 4 is 49.2 Å². The summed E-state index contributed by atoms with van der Waals surface area (Å²) in [6.07, 6.45) is 0. The standard InChI is InChI=1S/C14H8Br2ClFO/c1-7-2-4-10(15)9(6-7)14(19)8-3-5-11(16)12(17)13(8)18/h2-6H,1H3. The van der Waals surface area contributed by atoms with Crippen LogP contribution in [0.3, 0.4) is 0 Å². The molecule has 5 heteroatoms. The Morgan fingerprint density at radius 1 is 1.11 bits per heavy atom. The van der Waals surface area contributed by atoms with Crippen LogP contribution in [0.1, 0.15) is 21.5 Å². The molecule has 0 unspecified atom stereocenters. The van der Waals surface area contributed by atoms with Crippen molar-refractivity contribution in [3.05, 3.63) is 66.8 Å². The van der Waals surface area contributed by atoms with Gasteiger partial charge in [-0.2, -0.15) is 0 Å². The van der Waals surface area contributed by atoms with Gasteiger partial charge in [-0.05, 0) is 47.1 Å². The highest BCUT2D eigenvalue weighted by atomic mass is 79.9. The Kier molecular flexibility index (Phi) is 4.43. The van der Waals surface area contributed by atoms with Crippen LogP contribution < -0.4 is 0 Å². The summed E-state index contributed by atoms with van der Waals surface area (Å²) in [6, 6.07) is 8.32. The first-order valence-corrected chi connectivity index (χ1v) is 7.32. The molecule has 0 heterocycles. The molecule has 0 aliphatic carbocycles. The topological polar surface area (TPSA) is 17.1 Å². The van der Waals surface area contributed by atoms with E-state index in [-0.39, 0.29) is 10.6 Å². The fraction of sp³-hybridized carbons (Fsp3) is 0.0714. The van der Waals surface area contributed by atoms with E-state index in [2.05, 4.69) is 31.9 Å². The number of aryl methyl sites for hydroxylation is 1. The summed E-state index contributed by atoms with van der Waals surface area (Å²) in [6.45, 7) is 1.87. The summed E-state index contributed by atoms with van der Waals surface area (Å²) in [5.41, 5.74) is 1.30. The first-order chi connectivity index (χ1) is 8.91. The first kappa shape index (κ1) is 14.7. The third-order valence-electron chi connectivity index (χ3n) is 2.65. The summed E-state index contributed by atoms with van der Waals surface area (Å²) < 4.78 is 15.1. The Morgan fingerprint density at radius 3 is 2.42 bits per heavy atom. The third kappa shape index (κ3) is 2.91. The summed E-state index contributed by atoms with van der Waals surface area (Å²) in [7, 11) is 0. The highest BCUT2D eigenvalue weighted by Crippen LogP contribution is 2.30. The molecule has 1 nitrogen and oxygen atoms in total. The molecule has 0 aliphatic rings. The maximum Gasteiger partial charge on any atom is 0.197 e. The SMILES string of the molecule is Cc1ccc(Br)c(C(=O)c2ccc(Br)c(Cl)c2F)c1. The second-order valence-electron chi connectivity index (χ2n) is 4.04. The lowest BCUT2D eigenvalue weighted by Gasteiger charge is -2.08. The van der Waals surface area contributed by atoms with Gasteiger partial charge in [0.15, 0.2) is 11.6 Å². The normalized spacial score (nSPS) is 10.6. The van der Waals surface area contributed by atoms with Crippen molar-refractivity contribution < 1.29 is 9.18 Å². The van der Waals surface area contributed by atoms with E-state index in [1.54, 1.807) is 18.2 Å². The average molecular weight is 406 g/mol. The molecule has 0 spiro atoms.